The number of hydrogen-bond donors (Lipinski definition) is 1. The number of terminal acetylenes is 1. The van der Waals surface area contributed by atoms with Gasteiger partial charge < -0.3 is 5.11 Å². The lowest BCUT2D eigenvalue weighted by atomic mass is 10.0. The summed E-state index contributed by atoms with van der Waals surface area (Å²) < 4.78 is 0.613. The van der Waals surface area contributed by atoms with E-state index in [9.17, 15) is 14.7 Å². The Labute approximate surface area is 312 Å². The van der Waals surface area contributed by atoms with Crippen molar-refractivity contribution >= 4 is 38.4 Å². The molecule has 7 aromatic rings. The van der Waals surface area contributed by atoms with Gasteiger partial charge in [0.2, 0.25) is 0 Å². The van der Waals surface area contributed by atoms with Crippen LogP contribution in [0.1, 0.15) is 51.4 Å². The van der Waals surface area contributed by atoms with Crippen molar-refractivity contribution in [1.82, 2.24) is 15.0 Å². The molecule has 0 unspecified atom stereocenters. The molecule has 0 aliphatic heterocycles. The summed E-state index contributed by atoms with van der Waals surface area (Å²) >= 11 is 3.16. The maximum atomic E-state index is 11.4. The lowest BCUT2D eigenvalue weighted by molar-refractivity contribution is 0.100. The summed E-state index contributed by atoms with van der Waals surface area (Å²) in [5, 5.41) is 10.8. The molecule has 0 saturated carbocycles. The third-order valence-electron chi connectivity index (χ3n) is 7.17. The molecule has 0 atom stereocenters. The van der Waals surface area contributed by atoms with Crippen LogP contribution in [0.2, 0.25) is 0 Å². The van der Waals surface area contributed by atoms with Gasteiger partial charge in [-0.1, -0.05) is 78.6 Å². The predicted molar refractivity (Wildman–Crippen MR) is 212 cm³/mol. The van der Waals surface area contributed by atoms with E-state index in [1.54, 1.807) is 48.9 Å². The fourth-order valence-corrected chi connectivity index (χ4v) is 5.11. The van der Waals surface area contributed by atoms with Crippen LogP contribution in [-0.4, -0.2) is 31.6 Å². The lowest BCUT2D eigenvalue weighted by Gasteiger charge is -2.05. The van der Waals surface area contributed by atoms with E-state index in [-0.39, 0.29) is 17.3 Å². The van der Waals surface area contributed by atoms with Crippen molar-refractivity contribution < 1.29 is 14.7 Å². The number of fused-ring (bicyclic) bond motifs is 1. The molecule has 6 nitrogen and oxygen atoms in total. The smallest absolute Gasteiger partial charge is 0.162 e. The maximum Gasteiger partial charge on any atom is 0.162 e. The lowest BCUT2D eigenvalue weighted by Crippen LogP contribution is -1.98. The molecule has 0 spiro atoms. The van der Waals surface area contributed by atoms with E-state index in [0.717, 1.165) is 33.2 Å². The van der Waals surface area contributed by atoms with Crippen molar-refractivity contribution in [2.45, 2.75) is 13.8 Å². The van der Waals surface area contributed by atoms with E-state index in [1.165, 1.54) is 13.8 Å². The second kappa shape index (κ2) is 20.1. The Kier molecular flexibility index (Phi) is 14.8. The Morgan fingerprint density at radius 1 is 0.596 bits per heavy atom. The van der Waals surface area contributed by atoms with E-state index in [2.05, 4.69) is 48.6 Å². The summed E-state index contributed by atoms with van der Waals surface area (Å²) in [5.41, 5.74) is 6.44. The monoisotopic (exact) mass is 743 g/mol. The van der Waals surface area contributed by atoms with Gasteiger partial charge in [0.05, 0.1) is 16.6 Å². The van der Waals surface area contributed by atoms with Crippen LogP contribution in [0.25, 0.3) is 22.0 Å². The summed E-state index contributed by atoms with van der Waals surface area (Å²) in [6.45, 7) is 3.03. The second-order valence-corrected chi connectivity index (χ2v) is 11.7. The third-order valence-corrected chi connectivity index (χ3v) is 7.80. The number of rotatable bonds is 3. The molecule has 0 aliphatic carbocycles. The van der Waals surface area contributed by atoms with Gasteiger partial charge in [0.1, 0.15) is 16.0 Å². The number of Topliss-reactive ketones (excluding diaryl/α,β-unsaturated/α-hetero) is 2. The molecule has 254 valence electrons. The van der Waals surface area contributed by atoms with Gasteiger partial charge in [-0.25, -0.2) is 9.97 Å². The van der Waals surface area contributed by atoms with Crippen molar-refractivity contribution in [1.29, 1.82) is 0 Å². The number of aromatic hydroxyl groups is 1. The Bertz CT molecular complexity index is 2350. The van der Waals surface area contributed by atoms with Crippen LogP contribution in [0.4, 0.5) is 0 Å². The zero-order chi connectivity index (χ0) is 37.1. The van der Waals surface area contributed by atoms with E-state index < -0.39 is 0 Å². The standard InChI is InChI=1S/2C15H11NO.C8H6.C7H6BrNO/c17-15-10-12(11-5-2-1-3-6-11)9-14-13(15)7-4-8-16-14;1-12(17)14-8-5-11-16-15(14)10-9-13-6-3-2-4-7-13;1-2-8-6-4-3-5-7-8;1-5(10)6-3-2-4-9-7(6)8/h1-10,17H;2-8,11H,1H3;1,3-7H;2-4H,1H3. The predicted octanol–water partition coefficient (Wildman–Crippen LogP) is 10.0. The van der Waals surface area contributed by atoms with E-state index in [4.69, 9.17) is 6.42 Å². The van der Waals surface area contributed by atoms with Crippen LogP contribution in [0.5, 0.6) is 5.75 Å². The number of hydrogen-bond acceptors (Lipinski definition) is 6. The number of phenols is 1. The molecule has 0 amide bonds. The summed E-state index contributed by atoms with van der Waals surface area (Å²) in [7, 11) is 0. The average Bonchev–Trinajstić information content (AvgIpc) is 3.19. The normalized spacial score (nSPS) is 9.50. The molecule has 7 heteroatoms. The van der Waals surface area contributed by atoms with E-state index >= 15 is 0 Å². The number of carbonyl (C=O) groups excluding carboxylic acids is 2. The van der Waals surface area contributed by atoms with Gasteiger partial charge in [0, 0.05) is 35.1 Å². The Hall–Kier alpha value is -6.67. The number of halogens is 1. The zero-order valence-electron chi connectivity index (χ0n) is 28.6. The molecule has 52 heavy (non-hydrogen) atoms. The Morgan fingerprint density at radius 2 is 1.13 bits per heavy atom. The summed E-state index contributed by atoms with van der Waals surface area (Å²) in [4.78, 5) is 34.5. The summed E-state index contributed by atoms with van der Waals surface area (Å²) in [6, 6.07) is 43.6. The van der Waals surface area contributed by atoms with E-state index in [0.29, 0.717) is 21.4 Å². The molecule has 0 fully saturated rings. The van der Waals surface area contributed by atoms with Gasteiger partial charge in [-0.3, -0.25) is 14.6 Å². The molecule has 0 saturated heterocycles. The van der Waals surface area contributed by atoms with Crippen LogP contribution in [0.15, 0.2) is 163 Å². The maximum absolute atomic E-state index is 11.4. The topological polar surface area (TPSA) is 93.0 Å². The highest BCUT2D eigenvalue weighted by molar-refractivity contribution is 9.10. The number of nitrogens with zero attached hydrogens (tertiary/aromatic N) is 3. The van der Waals surface area contributed by atoms with Gasteiger partial charge in [0.25, 0.3) is 0 Å². The first-order valence-electron chi connectivity index (χ1n) is 16.1. The molecule has 7 rings (SSSR count). The second-order valence-electron chi connectivity index (χ2n) is 10.9. The Balaban J connectivity index is 0.000000162. The third kappa shape index (κ3) is 11.7. The first kappa shape index (κ1) is 38.1. The van der Waals surface area contributed by atoms with Crippen LogP contribution < -0.4 is 0 Å². The minimum atomic E-state index is -0.0181. The number of carbonyl (C=O) groups is 2. The van der Waals surface area contributed by atoms with Gasteiger partial charge in [0.15, 0.2) is 11.6 Å². The van der Waals surface area contributed by atoms with Gasteiger partial charge in [-0.15, -0.1) is 6.42 Å². The van der Waals surface area contributed by atoms with Crippen molar-refractivity contribution in [3.8, 4) is 41.1 Å². The van der Waals surface area contributed by atoms with Gasteiger partial charge >= 0.3 is 0 Å². The molecule has 4 aromatic carbocycles. The van der Waals surface area contributed by atoms with Gasteiger partial charge in [-0.05, 0) is 120 Å². The summed E-state index contributed by atoms with van der Waals surface area (Å²) in [6.07, 6.45) is 10.1. The number of phenolic OH excluding ortho intramolecular Hbond substituents is 1. The molecular weight excluding hydrogens is 710 g/mol. The van der Waals surface area contributed by atoms with Crippen LogP contribution in [-0.2, 0) is 0 Å². The number of aromatic nitrogens is 3. The zero-order valence-corrected chi connectivity index (χ0v) is 30.2. The van der Waals surface area contributed by atoms with Crippen LogP contribution in [0, 0.1) is 24.2 Å². The molecule has 1 N–H and O–H groups in total. The van der Waals surface area contributed by atoms with Crippen molar-refractivity contribution in [3.63, 3.8) is 0 Å². The van der Waals surface area contributed by atoms with Gasteiger partial charge in [-0.2, -0.15) is 0 Å². The number of pyridine rings is 3. The SMILES string of the molecule is C#Cc1ccccc1.CC(=O)c1cccnc1Br.CC(=O)c1cccnc1C#Cc1ccccc1.Oc1cc(-c2ccccc2)cc2ncccc12. The first-order valence-corrected chi connectivity index (χ1v) is 16.9. The van der Waals surface area contributed by atoms with Crippen molar-refractivity contribution in [2.24, 2.45) is 0 Å². The number of benzene rings is 4. The highest BCUT2D eigenvalue weighted by Crippen LogP contribution is 2.30. The molecule has 0 bridgehead atoms. The molecule has 0 aliphatic rings. The first-order chi connectivity index (χ1) is 25.3. The van der Waals surface area contributed by atoms with Crippen molar-refractivity contribution in [3.05, 3.63) is 191 Å². The van der Waals surface area contributed by atoms with E-state index in [1.807, 2.05) is 109 Å². The van der Waals surface area contributed by atoms with Crippen molar-refractivity contribution in [2.75, 3.05) is 0 Å². The average molecular weight is 745 g/mol. The minimum Gasteiger partial charge on any atom is -0.507 e. The van der Waals surface area contributed by atoms with Crippen LogP contribution in [0.3, 0.4) is 0 Å². The quantitative estimate of drug-likeness (QED) is 0.110. The highest BCUT2D eigenvalue weighted by atomic mass is 79.9. The molecule has 0 radical (unpaired) electrons. The molecule has 3 aromatic heterocycles. The summed E-state index contributed by atoms with van der Waals surface area (Å²) in [5.74, 6) is 8.73. The fourth-order valence-electron chi connectivity index (χ4n) is 4.59. The minimum absolute atomic E-state index is 0.0181. The molecular formula is C45H34BrN3O3. The highest BCUT2D eigenvalue weighted by Gasteiger charge is 2.06. The Morgan fingerprint density at radius 3 is 1.69 bits per heavy atom. The molecule has 3 heterocycles. The number of ketones is 2. The fraction of sp³-hybridized carbons (Fsp3) is 0.0444. The van der Waals surface area contributed by atoms with Crippen LogP contribution >= 0.6 is 15.9 Å². The largest absolute Gasteiger partial charge is 0.507 e.